The van der Waals surface area contributed by atoms with Crippen LogP contribution in [0.1, 0.15) is 38.9 Å². The number of aryl methyl sites for hydroxylation is 1. The summed E-state index contributed by atoms with van der Waals surface area (Å²) in [5, 5.41) is 9.61. The van der Waals surface area contributed by atoms with E-state index in [9.17, 15) is 9.59 Å². The Morgan fingerprint density at radius 2 is 2.00 bits per heavy atom. The van der Waals surface area contributed by atoms with Crippen molar-refractivity contribution >= 4 is 22.8 Å². The zero-order chi connectivity index (χ0) is 17.1. The van der Waals surface area contributed by atoms with Gasteiger partial charge in [-0.25, -0.2) is 14.8 Å². The van der Waals surface area contributed by atoms with Crippen LogP contribution in [0.15, 0.2) is 14.6 Å². The fraction of sp³-hybridized carbons (Fsp3) is 0.533. The minimum absolute atomic E-state index is 0.0510. The quantitative estimate of drug-likeness (QED) is 0.610. The third-order valence-corrected chi connectivity index (χ3v) is 4.25. The minimum atomic E-state index is -0.423. The predicted molar refractivity (Wildman–Crippen MR) is 89.8 cm³/mol. The summed E-state index contributed by atoms with van der Waals surface area (Å²) in [6, 6.07) is 2.04. The van der Waals surface area contributed by atoms with Gasteiger partial charge in [-0.15, -0.1) is 0 Å². The van der Waals surface area contributed by atoms with E-state index in [1.807, 2.05) is 26.8 Å². The van der Waals surface area contributed by atoms with Crippen molar-refractivity contribution in [2.75, 3.05) is 5.75 Å². The van der Waals surface area contributed by atoms with Gasteiger partial charge in [-0.2, -0.15) is 5.26 Å². The van der Waals surface area contributed by atoms with Gasteiger partial charge in [0.2, 0.25) is 0 Å². The van der Waals surface area contributed by atoms with Crippen LogP contribution in [-0.2, 0) is 13.6 Å². The highest BCUT2D eigenvalue weighted by molar-refractivity contribution is 7.99. The molecule has 0 aliphatic rings. The summed E-state index contributed by atoms with van der Waals surface area (Å²) in [7, 11) is 1.45. The molecule has 122 valence electrons. The first-order valence-electron chi connectivity index (χ1n) is 7.43. The molecule has 0 atom stereocenters. The van der Waals surface area contributed by atoms with Crippen molar-refractivity contribution in [1.82, 2.24) is 19.1 Å². The maximum atomic E-state index is 12.5. The molecule has 0 spiro atoms. The van der Waals surface area contributed by atoms with Crippen molar-refractivity contribution in [2.24, 2.45) is 7.05 Å². The van der Waals surface area contributed by atoms with Crippen LogP contribution in [0.25, 0.3) is 11.0 Å². The molecule has 2 rings (SSSR count). The van der Waals surface area contributed by atoms with Crippen LogP contribution in [0.4, 0.5) is 0 Å². The van der Waals surface area contributed by atoms with Gasteiger partial charge in [-0.05, 0) is 6.42 Å². The summed E-state index contributed by atoms with van der Waals surface area (Å²) in [6.07, 6.45) is 0.745. The number of fused-ring (bicyclic) bond motifs is 1. The molecule has 0 amide bonds. The fourth-order valence-corrected chi connectivity index (χ4v) is 2.92. The van der Waals surface area contributed by atoms with Gasteiger partial charge in [0.25, 0.3) is 5.56 Å². The molecule has 7 nitrogen and oxygen atoms in total. The molecule has 2 aromatic rings. The number of nitrogens with zero attached hydrogens (tertiary/aromatic N) is 5. The van der Waals surface area contributed by atoms with Gasteiger partial charge in [-0.3, -0.25) is 13.9 Å². The van der Waals surface area contributed by atoms with Crippen molar-refractivity contribution < 1.29 is 0 Å². The second-order valence-electron chi connectivity index (χ2n) is 5.49. The van der Waals surface area contributed by atoms with Crippen LogP contribution in [0.2, 0.25) is 0 Å². The summed E-state index contributed by atoms with van der Waals surface area (Å²) >= 11 is 1.20. The molecule has 8 heteroatoms. The average molecular weight is 333 g/mol. The zero-order valence-corrected chi connectivity index (χ0v) is 14.5. The van der Waals surface area contributed by atoms with Gasteiger partial charge in [0.15, 0.2) is 5.65 Å². The van der Waals surface area contributed by atoms with Crippen LogP contribution in [-0.4, -0.2) is 24.9 Å². The monoisotopic (exact) mass is 333 g/mol. The summed E-state index contributed by atoms with van der Waals surface area (Å²) in [5.74, 6) is 0.796. The lowest BCUT2D eigenvalue weighted by molar-refractivity contribution is 0.603. The van der Waals surface area contributed by atoms with E-state index in [2.05, 4.69) is 9.97 Å². The predicted octanol–water partition coefficient (Wildman–Crippen LogP) is 1.64. The molecule has 0 bridgehead atoms. The first-order valence-corrected chi connectivity index (χ1v) is 8.42. The molecule has 0 saturated heterocycles. The minimum Gasteiger partial charge on any atom is -0.277 e. The average Bonchev–Trinajstić information content (AvgIpc) is 2.53. The van der Waals surface area contributed by atoms with Crippen molar-refractivity contribution in [1.29, 1.82) is 5.26 Å². The molecule has 23 heavy (non-hydrogen) atoms. The number of rotatable bonds is 5. The van der Waals surface area contributed by atoms with Gasteiger partial charge in [0.05, 0.1) is 11.8 Å². The molecule has 2 heterocycles. The van der Waals surface area contributed by atoms with Gasteiger partial charge in [-0.1, -0.05) is 32.5 Å². The molecule has 0 fully saturated rings. The van der Waals surface area contributed by atoms with Crippen molar-refractivity contribution in [3.63, 3.8) is 0 Å². The van der Waals surface area contributed by atoms with E-state index in [4.69, 9.17) is 5.26 Å². The highest BCUT2D eigenvalue weighted by Crippen LogP contribution is 2.24. The third kappa shape index (κ3) is 3.15. The normalized spacial score (nSPS) is 11.1. The molecule has 0 aliphatic carbocycles. The smallest absolute Gasteiger partial charge is 0.277 e. The summed E-state index contributed by atoms with van der Waals surface area (Å²) < 4.78 is 2.59. The van der Waals surface area contributed by atoms with E-state index in [-0.39, 0.29) is 17.4 Å². The first kappa shape index (κ1) is 17.2. The van der Waals surface area contributed by atoms with Gasteiger partial charge >= 0.3 is 5.69 Å². The van der Waals surface area contributed by atoms with Crippen LogP contribution < -0.4 is 11.2 Å². The Hall–Kier alpha value is -2.14. The molecule has 0 aromatic carbocycles. The number of hydrogen-bond acceptors (Lipinski definition) is 6. The number of hydrogen-bond donors (Lipinski definition) is 0. The molecule has 0 radical (unpaired) electrons. The van der Waals surface area contributed by atoms with Crippen LogP contribution in [0, 0.1) is 11.3 Å². The Kier molecular flexibility index (Phi) is 5.21. The number of nitriles is 1. The molecule has 0 saturated carbocycles. The van der Waals surface area contributed by atoms with Gasteiger partial charge in [0.1, 0.15) is 16.2 Å². The highest BCUT2D eigenvalue weighted by atomic mass is 32.2. The molecule has 0 N–H and O–H groups in total. The Morgan fingerprint density at radius 1 is 1.30 bits per heavy atom. The van der Waals surface area contributed by atoms with E-state index in [1.165, 1.54) is 23.4 Å². The molecule has 0 unspecified atom stereocenters. The zero-order valence-electron chi connectivity index (χ0n) is 13.7. The molecule has 0 aliphatic heterocycles. The van der Waals surface area contributed by atoms with E-state index in [1.54, 1.807) is 0 Å². The summed E-state index contributed by atoms with van der Waals surface area (Å²) in [6.45, 7) is 6.33. The molecule has 2 aromatic heterocycles. The van der Waals surface area contributed by atoms with E-state index in [0.29, 0.717) is 28.4 Å². The lowest BCUT2D eigenvalue weighted by Gasteiger charge is -2.14. The summed E-state index contributed by atoms with van der Waals surface area (Å²) in [4.78, 5) is 33.9. The number of aromatic nitrogens is 4. The lowest BCUT2D eigenvalue weighted by atomic mass is 10.2. The Morgan fingerprint density at radius 3 is 2.57 bits per heavy atom. The van der Waals surface area contributed by atoms with Gasteiger partial charge < -0.3 is 0 Å². The van der Waals surface area contributed by atoms with Crippen molar-refractivity contribution in [3.05, 3.63) is 26.7 Å². The van der Waals surface area contributed by atoms with E-state index >= 15 is 0 Å². The highest BCUT2D eigenvalue weighted by Gasteiger charge is 2.19. The number of thioether (sulfide) groups is 1. The Labute approximate surface area is 138 Å². The lowest BCUT2D eigenvalue weighted by Crippen LogP contribution is -2.39. The van der Waals surface area contributed by atoms with E-state index in [0.717, 1.165) is 11.0 Å². The molecular formula is C15H19N5O2S. The first-order chi connectivity index (χ1) is 10.9. The topological polar surface area (TPSA) is 93.6 Å². The van der Waals surface area contributed by atoms with E-state index < -0.39 is 5.56 Å². The van der Waals surface area contributed by atoms with Crippen molar-refractivity contribution in [2.45, 2.75) is 44.7 Å². The Bertz CT molecular complexity index is 892. The second kappa shape index (κ2) is 6.96. The van der Waals surface area contributed by atoms with Crippen LogP contribution in [0.3, 0.4) is 0 Å². The fourth-order valence-electron chi connectivity index (χ4n) is 2.24. The summed E-state index contributed by atoms with van der Waals surface area (Å²) in [5.41, 5.74) is -0.443. The standard InChI is InChI=1S/C15H19N5O2S/c1-5-7-20-12-10(14(21)19(4)15(20)22)13(23-8-6-16)18-11(17-12)9(2)3/h9H,5,7-8H2,1-4H3. The van der Waals surface area contributed by atoms with Crippen molar-refractivity contribution in [3.8, 4) is 6.07 Å². The maximum Gasteiger partial charge on any atom is 0.332 e. The largest absolute Gasteiger partial charge is 0.332 e. The second-order valence-corrected chi connectivity index (χ2v) is 6.45. The van der Waals surface area contributed by atoms with Crippen LogP contribution in [0.5, 0.6) is 0 Å². The van der Waals surface area contributed by atoms with Crippen LogP contribution >= 0.6 is 11.8 Å². The maximum absolute atomic E-state index is 12.5. The SMILES string of the molecule is CCCn1c(=O)n(C)c(=O)c2c(SCC#N)nc(C(C)C)nc21. The van der Waals surface area contributed by atoms with Gasteiger partial charge in [0, 0.05) is 19.5 Å². The Balaban J connectivity index is 2.96. The third-order valence-electron chi connectivity index (χ3n) is 3.40. The molecular weight excluding hydrogens is 314 g/mol.